The molecule has 1 aliphatic rings. The van der Waals surface area contributed by atoms with Crippen LogP contribution in [0.25, 0.3) is 11.2 Å². The highest BCUT2D eigenvalue weighted by Gasteiger charge is 2.50. The lowest BCUT2D eigenvalue weighted by atomic mass is 9.87. The van der Waals surface area contributed by atoms with Crippen LogP contribution >= 0.6 is 35.2 Å². The van der Waals surface area contributed by atoms with Gasteiger partial charge in [-0.1, -0.05) is 25.6 Å². The number of aliphatic hydroxyl groups excluding tert-OH is 4. The number of imidazole rings is 1. The van der Waals surface area contributed by atoms with E-state index in [4.69, 9.17) is 24.6 Å². The van der Waals surface area contributed by atoms with Gasteiger partial charge < -0.3 is 61.1 Å². The van der Waals surface area contributed by atoms with E-state index in [2.05, 4.69) is 34.4 Å². The first-order valence-electron chi connectivity index (χ1n) is 16.3. The molecule has 3 heterocycles. The summed E-state index contributed by atoms with van der Waals surface area (Å²) in [7, 11) is -16.4. The molecule has 0 saturated carbocycles. The number of hydrogen-bond donors (Lipinski definition) is 11. The molecule has 1 fully saturated rings. The number of aromatic nitrogens is 4. The lowest BCUT2D eigenvalue weighted by molar-refractivity contribution is -0.137. The second kappa shape index (κ2) is 20.4. The summed E-state index contributed by atoms with van der Waals surface area (Å²) >= 11 is 0.883. The molecule has 1 saturated heterocycles. The van der Waals surface area contributed by atoms with Crippen LogP contribution in [0.3, 0.4) is 0 Å². The Bertz CT molecular complexity index is 1820. The molecule has 3 unspecified atom stereocenters. The van der Waals surface area contributed by atoms with Crippen molar-refractivity contribution in [2.75, 3.05) is 44.4 Å². The minimum Gasteiger partial charge on any atom is -0.396 e. The molecule has 12 N–H and O–H groups in total. The molecule has 2 amide bonds. The fourth-order valence-electron chi connectivity index (χ4n) is 4.80. The molecular formula is C26H44N7O19P3S. The molecule has 26 nitrogen and oxygen atoms in total. The maximum absolute atomic E-state index is 12.7. The second-order valence-electron chi connectivity index (χ2n) is 12.7. The fraction of sp³-hybridized carbons (Fsp3) is 0.692. The zero-order valence-electron chi connectivity index (χ0n) is 29.7. The number of nitrogens with one attached hydrogen (secondary N) is 2. The summed E-state index contributed by atoms with van der Waals surface area (Å²) in [6, 6.07) is 0. The van der Waals surface area contributed by atoms with E-state index in [0.29, 0.717) is 0 Å². The van der Waals surface area contributed by atoms with Crippen LogP contribution in [0.1, 0.15) is 39.3 Å². The van der Waals surface area contributed by atoms with E-state index in [9.17, 15) is 63.0 Å². The van der Waals surface area contributed by atoms with Gasteiger partial charge in [-0.2, -0.15) is 4.31 Å². The van der Waals surface area contributed by atoms with Crippen LogP contribution in [-0.2, 0) is 50.7 Å². The average molecular weight is 884 g/mol. The van der Waals surface area contributed by atoms with E-state index >= 15 is 0 Å². The van der Waals surface area contributed by atoms with Gasteiger partial charge in [0.2, 0.25) is 11.8 Å². The van der Waals surface area contributed by atoms with Crippen LogP contribution in [0.15, 0.2) is 12.7 Å². The number of thioether (sulfide) groups is 1. The third-order valence-electron chi connectivity index (χ3n) is 7.63. The van der Waals surface area contributed by atoms with E-state index in [1.165, 1.54) is 13.8 Å². The molecule has 30 heteroatoms. The van der Waals surface area contributed by atoms with Gasteiger partial charge in [0, 0.05) is 43.7 Å². The quantitative estimate of drug-likeness (QED) is 0.0416. The molecule has 318 valence electrons. The molecule has 0 bridgehead atoms. The Balaban J connectivity index is 1.48. The second-order valence-corrected chi connectivity index (χ2v) is 18.0. The van der Waals surface area contributed by atoms with Crippen molar-refractivity contribution in [3.63, 3.8) is 0 Å². The van der Waals surface area contributed by atoms with E-state index in [1.54, 1.807) is 0 Å². The van der Waals surface area contributed by atoms with Crippen molar-refractivity contribution >= 4 is 69.1 Å². The van der Waals surface area contributed by atoms with Gasteiger partial charge >= 0.3 is 23.5 Å². The number of nitrogens with zero attached hydrogens (tertiary/aromatic N) is 4. The summed E-state index contributed by atoms with van der Waals surface area (Å²) in [6.07, 6.45) is -8.11. The first kappa shape index (κ1) is 47.9. The van der Waals surface area contributed by atoms with E-state index in [-0.39, 0.29) is 66.8 Å². The fourth-order valence-corrected chi connectivity index (χ4v) is 8.37. The van der Waals surface area contributed by atoms with Gasteiger partial charge in [0.15, 0.2) is 22.8 Å². The maximum atomic E-state index is 12.7. The van der Waals surface area contributed by atoms with Crippen molar-refractivity contribution in [3.8, 4) is 0 Å². The van der Waals surface area contributed by atoms with Crippen molar-refractivity contribution in [2.24, 2.45) is 5.41 Å². The van der Waals surface area contributed by atoms with Crippen molar-refractivity contribution in [1.29, 1.82) is 0 Å². The van der Waals surface area contributed by atoms with Crippen LogP contribution in [-0.4, -0.2) is 146 Å². The minimum atomic E-state index is -5.58. The number of carbonyl (C=O) groups excluding carboxylic acids is 3. The number of amides is 2. The molecule has 0 aromatic carbocycles. The number of anilines is 1. The van der Waals surface area contributed by atoms with Gasteiger partial charge in [0.1, 0.15) is 36.3 Å². The number of phosphoric acid groups is 3. The molecule has 8 atom stereocenters. The van der Waals surface area contributed by atoms with Crippen molar-refractivity contribution < 1.29 is 90.7 Å². The first-order chi connectivity index (χ1) is 25.9. The summed E-state index contributed by atoms with van der Waals surface area (Å²) < 4.78 is 62.0. The number of rotatable bonds is 23. The minimum absolute atomic E-state index is 0.0216. The number of phosphoric ester groups is 3. The molecule has 56 heavy (non-hydrogen) atoms. The molecule has 3 rings (SSSR count). The lowest BCUT2D eigenvalue weighted by Crippen LogP contribution is -2.46. The van der Waals surface area contributed by atoms with Gasteiger partial charge in [-0.05, 0) is 6.42 Å². The predicted molar refractivity (Wildman–Crippen MR) is 189 cm³/mol. The van der Waals surface area contributed by atoms with E-state index < -0.39 is 90.7 Å². The Morgan fingerprint density at radius 1 is 1.05 bits per heavy atom. The van der Waals surface area contributed by atoms with E-state index in [1.807, 2.05) is 0 Å². The Morgan fingerprint density at radius 2 is 1.73 bits per heavy atom. The average Bonchev–Trinajstić information content (AvgIpc) is 3.64. The number of ether oxygens (including phenoxy) is 1. The molecule has 2 aromatic rings. The molecule has 1 aliphatic heterocycles. The number of fused-ring (bicyclic) bond motifs is 1. The number of hydrogen-bond acceptors (Lipinski definition) is 20. The SMILES string of the molecule is CC(C)(COP(=O)(O)OP(=O)(O)OC[C@H]1O[C@@H](n2cnc3c(N)ncnc32)[C@H](O)[C@@H]1OP(=O)(O)O)[C@@H](O)C(=O)NCCC(=O)NCCSC(=O)CC(O)CCO. The van der Waals surface area contributed by atoms with Gasteiger partial charge in [0.05, 0.1) is 25.6 Å². The Kier molecular flexibility index (Phi) is 17.5. The monoisotopic (exact) mass is 883 g/mol. The van der Waals surface area contributed by atoms with Crippen LogP contribution < -0.4 is 16.4 Å². The van der Waals surface area contributed by atoms with Crippen LogP contribution in [0.2, 0.25) is 0 Å². The van der Waals surface area contributed by atoms with Gasteiger partial charge in [-0.3, -0.25) is 32.5 Å². The standard InChI is InChI=1S/C26H44N7O19P3S/c1-26(2,21(39)24(40)29-5-3-16(36)28-6-8-56-17(37)9-14(35)4-7-34)11-49-55(46,47)52-54(44,45)48-10-15-20(51-53(41,42)43)19(38)25(50-15)33-13-32-18-22(27)30-12-31-23(18)33/h12-15,19-21,25,34-35,38-39H,3-11H2,1-2H3,(H,28,36)(H,29,40)(H,44,45)(H,46,47)(H2,27,30,31)(H2,41,42,43)/t14?,15-,19-,20-,21+,25-/m1/s1. The summed E-state index contributed by atoms with van der Waals surface area (Å²) in [5, 5.41) is 44.2. The van der Waals surface area contributed by atoms with Crippen molar-refractivity contribution in [3.05, 3.63) is 12.7 Å². The largest absolute Gasteiger partial charge is 0.481 e. The third-order valence-corrected chi connectivity index (χ3v) is 11.6. The van der Waals surface area contributed by atoms with Crippen LogP contribution in [0.5, 0.6) is 0 Å². The normalized spacial score (nSPS) is 22.2. The van der Waals surface area contributed by atoms with Gasteiger partial charge in [0.25, 0.3) is 0 Å². The first-order valence-corrected chi connectivity index (χ1v) is 21.8. The third kappa shape index (κ3) is 14.7. The number of nitrogens with two attached hydrogens (primary N) is 1. The van der Waals surface area contributed by atoms with Gasteiger partial charge in [-0.25, -0.2) is 28.6 Å². The maximum Gasteiger partial charge on any atom is 0.481 e. The topological polar surface area (TPSA) is 404 Å². The predicted octanol–water partition coefficient (Wildman–Crippen LogP) is -2.20. The zero-order valence-corrected chi connectivity index (χ0v) is 33.2. The Morgan fingerprint density at radius 3 is 2.39 bits per heavy atom. The van der Waals surface area contributed by atoms with Gasteiger partial charge in [-0.15, -0.1) is 0 Å². The molecule has 0 aliphatic carbocycles. The van der Waals surface area contributed by atoms with Crippen LogP contribution in [0.4, 0.5) is 5.82 Å². The Hall–Kier alpha value is -2.52. The molecule has 0 spiro atoms. The van der Waals surface area contributed by atoms with Crippen LogP contribution in [0, 0.1) is 5.41 Å². The highest BCUT2D eigenvalue weighted by Crippen LogP contribution is 2.61. The zero-order chi connectivity index (χ0) is 42.1. The molecular weight excluding hydrogens is 839 g/mol. The molecule has 0 radical (unpaired) electrons. The summed E-state index contributed by atoms with van der Waals surface area (Å²) in [4.78, 5) is 87.2. The summed E-state index contributed by atoms with van der Waals surface area (Å²) in [5.74, 6) is -1.36. The van der Waals surface area contributed by atoms with Crippen molar-refractivity contribution in [2.45, 2.75) is 69.9 Å². The number of aliphatic hydroxyl groups is 4. The number of nitrogen functional groups attached to an aromatic ring is 1. The summed E-state index contributed by atoms with van der Waals surface area (Å²) in [6.45, 7) is -0.00483. The van der Waals surface area contributed by atoms with Crippen molar-refractivity contribution in [1.82, 2.24) is 30.2 Å². The van der Waals surface area contributed by atoms with E-state index in [0.717, 1.165) is 29.0 Å². The highest BCUT2D eigenvalue weighted by molar-refractivity contribution is 8.13. The lowest BCUT2D eigenvalue weighted by Gasteiger charge is -2.30. The highest BCUT2D eigenvalue weighted by atomic mass is 32.2. The smallest absolute Gasteiger partial charge is 0.396 e. The molecule has 2 aromatic heterocycles. The number of carbonyl (C=O) groups is 3. The summed E-state index contributed by atoms with van der Waals surface area (Å²) in [5.41, 5.74) is 4.21. The Labute approximate surface area is 321 Å².